The molecule has 0 unspecified atom stereocenters. The van der Waals surface area contributed by atoms with Gasteiger partial charge in [-0.05, 0) is 43.2 Å². The standard InChI is InChI=1S/C21H19ClF3NOS/c1-2-3-7-18-19(13-27-17-6-4-5-16(22)12-17)28-20(26-18)14-8-10-15(11-9-14)21(23,24)25/h4-6,8-12H,2-3,7,13H2,1H3. The maximum Gasteiger partial charge on any atom is 0.416 e. The van der Waals surface area contributed by atoms with Crippen molar-refractivity contribution in [3.8, 4) is 16.3 Å². The summed E-state index contributed by atoms with van der Waals surface area (Å²) >= 11 is 7.44. The second-order valence-corrected chi connectivity index (χ2v) is 7.83. The van der Waals surface area contributed by atoms with Crippen LogP contribution in [0.4, 0.5) is 13.2 Å². The average molecular weight is 426 g/mol. The van der Waals surface area contributed by atoms with Gasteiger partial charge in [-0.3, -0.25) is 0 Å². The van der Waals surface area contributed by atoms with Crippen molar-refractivity contribution >= 4 is 22.9 Å². The van der Waals surface area contributed by atoms with Crippen LogP contribution in [0, 0.1) is 0 Å². The van der Waals surface area contributed by atoms with Crippen molar-refractivity contribution < 1.29 is 17.9 Å². The van der Waals surface area contributed by atoms with Crippen molar-refractivity contribution in [2.75, 3.05) is 0 Å². The molecule has 0 aliphatic heterocycles. The van der Waals surface area contributed by atoms with Crippen molar-refractivity contribution in [2.45, 2.75) is 39.0 Å². The van der Waals surface area contributed by atoms with Crippen molar-refractivity contribution in [1.29, 1.82) is 0 Å². The molecule has 28 heavy (non-hydrogen) atoms. The van der Waals surface area contributed by atoms with Gasteiger partial charge in [0.2, 0.25) is 0 Å². The third kappa shape index (κ3) is 5.26. The van der Waals surface area contributed by atoms with E-state index in [9.17, 15) is 13.2 Å². The Morgan fingerprint density at radius 2 is 1.86 bits per heavy atom. The summed E-state index contributed by atoms with van der Waals surface area (Å²) in [6.07, 6.45) is -1.52. The Labute approximate surface area is 171 Å². The Kier molecular flexibility index (Phi) is 6.62. The van der Waals surface area contributed by atoms with E-state index >= 15 is 0 Å². The number of halogens is 4. The van der Waals surface area contributed by atoms with Crippen LogP contribution in [0.2, 0.25) is 5.02 Å². The number of alkyl halides is 3. The molecule has 3 rings (SSSR count). The van der Waals surface area contributed by atoms with Gasteiger partial charge in [-0.2, -0.15) is 13.2 Å². The van der Waals surface area contributed by atoms with Crippen LogP contribution < -0.4 is 4.74 Å². The van der Waals surface area contributed by atoms with E-state index in [0.717, 1.165) is 42.0 Å². The summed E-state index contributed by atoms with van der Waals surface area (Å²) in [5, 5.41) is 1.29. The number of ether oxygens (including phenoxy) is 1. The summed E-state index contributed by atoms with van der Waals surface area (Å²) in [7, 11) is 0. The first-order valence-corrected chi connectivity index (χ1v) is 10.1. The maximum atomic E-state index is 12.8. The van der Waals surface area contributed by atoms with Gasteiger partial charge in [0.15, 0.2) is 0 Å². The lowest BCUT2D eigenvalue weighted by molar-refractivity contribution is -0.137. The zero-order valence-electron chi connectivity index (χ0n) is 15.2. The first-order chi connectivity index (χ1) is 13.4. The van der Waals surface area contributed by atoms with E-state index in [1.165, 1.54) is 23.5 Å². The number of benzene rings is 2. The van der Waals surface area contributed by atoms with Gasteiger partial charge in [-0.1, -0.05) is 43.1 Å². The normalized spacial score (nSPS) is 11.6. The van der Waals surface area contributed by atoms with E-state index < -0.39 is 11.7 Å². The van der Waals surface area contributed by atoms with E-state index in [1.54, 1.807) is 12.1 Å². The molecule has 0 spiro atoms. The molecule has 0 saturated heterocycles. The average Bonchev–Trinajstić information content (AvgIpc) is 3.07. The molecule has 2 aromatic carbocycles. The molecular weight excluding hydrogens is 407 g/mol. The first-order valence-electron chi connectivity index (χ1n) is 8.91. The van der Waals surface area contributed by atoms with Crippen molar-refractivity contribution in [2.24, 2.45) is 0 Å². The molecule has 0 fully saturated rings. The number of hydrogen-bond acceptors (Lipinski definition) is 3. The summed E-state index contributed by atoms with van der Waals surface area (Å²) in [6.45, 7) is 2.45. The lowest BCUT2D eigenvalue weighted by Crippen LogP contribution is -2.03. The Bertz CT molecular complexity index is 922. The molecule has 1 aromatic heterocycles. The molecule has 0 saturated carbocycles. The Morgan fingerprint density at radius 1 is 1.11 bits per heavy atom. The van der Waals surface area contributed by atoms with Gasteiger partial charge >= 0.3 is 6.18 Å². The molecule has 0 amide bonds. The van der Waals surface area contributed by atoms with Gasteiger partial charge in [0.1, 0.15) is 17.4 Å². The monoisotopic (exact) mass is 425 g/mol. The number of nitrogens with zero attached hydrogens (tertiary/aromatic N) is 1. The lowest BCUT2D eigenvalue weighted by atomic mass is 10.1. The van der Waals surface area contributed by atoms with Crippen molar-refractivity contribution in [1.82, 2.24) is 4.98 Å². The zero-order valence-corrected chi connectivity index (χ0v) is 16.8. The maximum absolute atomic E-state index is 12.8. The molecule has 0 aliphatic rings. The third-order valence-electron chi connectivity index (χ3n) is 4.17. The molecule has 2 nitrogen and oxygen atoms in total. The molecule has 1 heterocycles. The quantitative estimate of drug-likeness (QED) is 0.393. The summed E-state index contributed by atoms with van der Waals surface area (Å²) in [6, 6.07) is 12.3. The predicted molar refractivity (Wildman–Crippen MR) is 107 cm³/mol. The Balaban J connectivity index is 1.82. The number of hydrogen-bond donors (Lipinski definition) is 0. The number of aromatic nitrogens is 1. The van der Waals surface area contributed by atoms with E-state index in [2.05, 4.69) is 11.9 Å². The van der Waals surface area contributed by atoms with E-state index in [-0.39, 0.29) is 0 Å². The number of thiazole rings is 1. The van der Waals surface area contributed by atoms with Crippen LogP contribution in [-0.2, 0) is 19.2 Å². The van der Waals surface area contributed by atoms with Crippen molar-refractivity contribution in [3.05, 3.63) is 69.7 Å². The van der Waals surface area contributed by atoms with Crippen LogP contribution in [0.15, 0.2) is 48.5 Å². The fourth-order valence-electron chi connectivity index (χ4n) is 2.67. The molecule has 0 atom stereocenters. The van der Waals surface area contributed by atoms with Gasteiger partial charge in [0, 0.05) is 10.6 Å². The number of unbranched alkanes of at least 4 members (excludes halogenated alkanes) is 1. The molecular formula is C21H19ClF3NOS. The van der Waals surface area contributed by atoms with Gasteiger partial charge < -0.3 is 4.74 Å². The summed E-state index contributed by atoms with van der Waals surface area (Å²) < 4.78 is 44.2. The molecule has 0 N–H and O–H groups in total. The van der Waals surface area contributed by atoms with Gasteiger partial charge in [0.25, 0.3) is 0 Å². The van der Waals surface area contributed by atoms with Crippen LogP contribution in [-0.4, -0.2) is 4.98 Å². The smallest absolute Gasteiger partial charge is 0.416 e. The Morgan fingerprint density at radius 3 is 2.50 bits per heavy atom. The fraction of sp³-hybridized carbons (Fsp3) is 0.286. The topological polar surface area (TPSA) is 22.1 Å². The lowest BCUT2D eigenvalue weighted by Gasteiger charge is -2.06. The van der Waals surface area contributed by atoms with E-state index in [4.69, 9.17) is 16.3 Å². The Hall–Kier alpha value is -2.05. The summed E-state index contributed by atoms with van der Waals surface area (Å²) in [4.78, 5) is 5.65. The van der Waals surface area contributed by atoms with Crippen LogP contribution in [0.5, 0.6) is 5.75 Å². The van der Waals surface area contributed by atoms with E-state index in [1.807, 2.05) is 12.1 Å². The molecule has 7 heteroatoms. The number of rotatable bonds is 7. The van der Waals surface area contributed by atoms with Gasteiger partial charge in [-0.15, -0.1) is 11.3 Å². The van der Waals surface area contributed by atoms with Gasteiger partial charge in [0.05, 0.1) is 16.1 Å². The van der Waals surface area contributed by atoms with Crippen LogP contribution in [0.1, 0.15) is 35.9 Å². The van der Waals surface area contributed by atoms with E-state index in [0.29, 0.717) is 28.0 Å². The SMILES string of the molecule is CCCCc1nc(-c2ccc(C(F)(F)F)cc2)sc1COc1cccc(Cl)c1. The third-order valence-corrected chi connectivity index (χ3v) is 5.53. The predicted octanol–water partition coefficient (Wildman–Crippen LogP) is 7.40. The van der Waals surface area contributed by atoms with Crippen LogP contribution in [0.25, 0.3) is 10.6 Å². The van der Waals surface area contributed by atoms with Crippen LogP contribution in [0.3, 0.4) is 0 Å². The highest BCUT2D eigenvalue weighted by Crippen LogP contribution is 2.34. The summed E-state index contributed by atoms with van der Waals surface area (Å²) in [5.74, 6) is 0.665. The number of aryl methyl sites for hydroxylation is 1. The second-order valence-electron chi connectivity index (χ2n) is 6.31. The highest BCUT2D eigenvalue weighted by Gasteiger charge is 2.30. The zero-order chi connectivity index (χ0) is 20.1. The first kappa shape index (κ1) is 20.7. The molecule has 0 radical (unpaired) electrons. The molecule has 0 bridgehead atoms. The largest absolute Gasteiger partial charge is 0.488 e. The van der Waals surface area contributed by atoms with Crippen LogP contribution >= 0.6 is 22.9 Å². The molecule has 148 valence electrons. The summed E-state index contributed by atoms with van der Waals surface area (Å²) in [5.41, 5.74) is 0.942. The minimum absolute atomic E-state index is 0.345. The second kappa shape index (κ2) is 8.97. The van der Waals surface area contributed by atoms with Gasteiger partial charge in [-0.25, -0.2) is 4.98 Å². The highest BCUT2D eigenvalue weighted by atomic mass is 35.5. The van der Waals surface area contributed by atoms with Crippen molar-refractivity contribution in [3.63, 3.8) is 0 Å². The minimum atomic E-state index is -4.34. The molecule has 3 aromatic rings. The molecule has 0 aliphatic carbocycles. The fourth-order valence-corrected chi connectivity index (χ4v) is 3.87. The highest BCUT2D eigenvalue weighted by molar-refractivity contribution is 7.15. The minimum Gasteiger partial charge on any atom is -0.488 e.